The van der Waals surface area contributed by atoms with Crippen LogP contribution in [-0.2, 0) is 6.42 Å². The maximum absolute atomic E-state index is 5.95. The summed E-state index contributed by atoms with van der Waals surface area (Å²) in [4.78, 5) is 4.41. The predicted octanol–water partition coefficient (Wildman–Crippen LogP) is 3.91. The van der Waals surface area contributed by atoms with E-state index in [4.69, 9.17) is 4.74 Å². The van der Waals surface area contributed by atoms with Gasteiger partial charge < -0.3 is 4.74 Å². The van der Waals surface area contributed by atoms with Gasteiger partial charge in [0.25, 0.3) is 0 Å². The van der Waals surface area contributed by atoms with Crippen molar-refractivity contribution in [2.45, 2.75) is 11.6 Å². The van der Waals surface area contributed by atoms with Crippen LogP contribution in [0.3, 0.4) is 0 Å². The summed E-state index contributed by atoms with van der Waals surface area (Å²) in [6.07, 6.45) is 2.62. The topological polar surface area (TPSA) is 50.8 Å². The van der Waals surface area contributed by atoms with E-state index in [1.54, 1.807) is 0 Å². The first kappa shape index (κ1) is 13.7. The van der Waals surface area contributed by atoms with E-state index in [2.05, 4.69) is 15.2 Å². The molecule has 0 saturated carbocycles. The third kappa shape index (κ3) is 3.44. The Kier molecular flexibility index (Phi) is 4.21. The molecule has 21 heavy (non-hydrogen) atoms. The average molecular weight is 297 g/mol. The second kappa shape index (κ2) is 6.45. The highest BCUT2D eigenvalue weighted by atomic mass is 32.2. The molecular weight excluding hydrogens is 282 g/mol. The Morgan fingerprint density at radius 2 is 1.81 bits per heavy atom. The Hall–Kier alpha value is -2.27. The SMILES string of the molecule is CSc1n[nH]c(Cc2ccccc2Oc2ccccc2)n1. The van der Waals surface area contributed by atoms with Crippen LogP contribution in [0.1, 0.15) is 11.4 Å². The number of benzene rings is 2. The lowest BCUT2D eigenvalue weighted by Gasteiger charge is -2.10. The number of hydrogen-bond acceptors (Lipinski definition) is 4. The van der Waals surface area contributed by atoms with Crippen LogP contribution in [0.5, 0.6) is 11.5 Å². The largest absolute Gasteiger partial charge is 0.457 e. The highest BCUT2D eigenvalue weighted by Crippen LogP contribution is 2.26. The summed E-state index contributed by atoms with van der Waals surface area (Å²) in [7, 11) is 0. The molecule has 2 aromatic carbocycles. The summed E-state index contributed by atoms with van der Waals surface area (Å²) in [5.74, 6) is 2.50. The van der Waals surface area contributed by atoms with Crippen molar-refractivity contribution in [1.82, 2.24) is 15.2 Å². The van der Waals surface area contributed by atoms with Crippen LogP contribution in [-0.4, -0.2) is 21.4 Å². The number of ether oxygens (including phenoxy) is 1. The van der Waals surface area contributed by atoms with E-state index < -0.39 is 0 Å². The molecule has 0 radical (unpaired) electrons. The van der Waals surface area contributed by atoms with Crippen molar-refractivity contribution in [3.63, 3.8) is 0 Å². The minimum atomic E-state index is 0.663. The van der Waals surface area contributed by atoms with E-state index in [0.29, 0.717) is 6.42 Å². The standard InChI is InChI=1S/C16H15N3OS/c1-21-16-17-15(18-19-16)11-12-7-5-6-10-14(12)20-13-8-3-2-4-9-13/h2-10H,11H2,1H3,(H,17,18,19). The van der Waals surface area contributed by atoms with Crippen LogP contribution in [0.25, 0.3) is 0 Å². The van der Waals surface area contributed by atoms with Gasteiger partial charge in [-0.05, 0) is 24.5 Å². The summed E-state index contributed by atoms with van der Waals surface area (Å²) in [6.45, 7) is 0. The second-order valence-corrected chi connectivity index (χ2v) is 5.24. The normalized spacial score (nSPS) is 10.5. The predicted molar refractivity (Wildman–Crippen MR) is 83.9 cm³/mol. The van der Waals surface area contributed by atoms with E-state index in [1.165, 1.54) is 11.8 Å². The van der Waals surface area contributed by atoms with Gasteiger partial charge in [0, 0.05) is 12.0 Å². The van der Waals surface area contributed by atoms with Gasteiger partial charge in [-0.25, -0.2) is 4.98 Å². The fourth-order valence-electron chi connectivity index (χ4n) is 1.99. The zero-order chi connectivity index (χ0) is 14.5. The number of H-pyrrole nitrogens is 1. The number of para-hydroxylation sites is 2. The van der Waals surface area contributed by atoms with Crippen LogP contribution in [0.15, 0.2) is 59.8 Å². The number of nitrogens with one attached hydrogen (secondary N) is 1. The van der Waals surface area contributed by atoms with Crippen molar-refractivity contribution in [3.8, 4) is 11.5 Å². The lowest BCUT2D eigenvalue weighted by Crippen LogP contribution is -1.95. The van der Waals surface area contributed by atoms with Crippen molar-refractivity contribution in [1.29, 1.82) is 0 Å². The van der Waals surface area contributed by atoms with Crippen LogP contribution >= 0.6 is 11.8 Å². The highest BCUT2D eigenvalue weighted by molar-refractivity contribution is 7.98. The van der Waals surface area contributed by atoms with Gasteiger partial charge in [0.15, 0.2) is 0 Å². The molecule has 0 amide bonds. The van der Waals surface area contributed by atoms with Gasteiger partial charge >= 0.3 is 0 Å². The average Bonchev–Trinajstić information content (AvgIpc) is 2.98. The minimum absolute atomic E-state index is 0.663. The fraction of sp³-hybridized carbons (Fsp3) is 0.125. The Balaban J connectivity index is 1.82. The van der Waals surface area contributed by atoms with Crippen LogP contribution in [0, 0.1) is 0 Å². The Labute approximate surface area is 127 Å². The first-order valence-electron chi connectivity index (χ1n) is 6.61. The molecule has 0 saturated heterocycles. The molecule has 1 aromatic heterocycles. The molecule has 0 bridgehead atoms. The Bertz CT molecular complexity index is 712. The van der Waals surface area contributed by atoms with Crippen LogP contribution < -0.4 is 4.74 Å². The first-order chi connectivity index (χ1) is 10.3. The maximum Gasteiger partial charge on any atom is 0.208 e. The molecule has 3 aromatic rings. The number of aromatic amines is 1. The molecule has 0 aliphatic rings. The van der Waals surface area contributed by atoms with Crippen molar-refractivity contribution in [2.24, 2.45) is 0 Å². The summed E-state index contributed by atoms with van der Waals surface area (Å²) in [5, 5.41) is 7.85. The van der Waals surface area contributed by atoms with Crippen molar-refractivity contribution in [3.05, 3.63) is 66.0 Å². The van der Waals surface area contributed by atoms with Gasteiger partial charge in [0.1, 0.15) is 17.3 Å². The van der Waals surface area contributed by atoms with Gasteiger partial charge in [-0.3, -0.25) is 5.10 Å². The van der Waals surface area contributed by atoms with Crippen molar-refractivity contribution < 1.29 is 4.74 Å². The van der Waals surface area contributed by atoms with Crippen molar-refractivity contribution in [2.75, 3.05) is 6.26 Å². The number of aromatic nitrogens is 3. The van der Waals surface area contributed by atoms with Crippen molar-refractivity contribution >= 4 is 11.8 Å². The molecule has 4 nitrogen and oxygen atoms in total. The molecular formula is C16H15N3OS. The molecule has 1 heterocycles. The summed E-state index contributed by atoms with van der Waals surface area (Å²) in [5.41, 5.74) is 1.07. The third-order valence-electron chi connectivity index (χ3n) is 3.00. The van der Waals surface area contributed by atoms with E-state index in [9.17, 15) is 0 Å². The lowest BCUT2D eigenvalue weighted by molar-refractivity contribution is 0.477. The molecule has 0 fully saturated rings. The zero-order valence-corrected chi connectivity index (χ0v) is 12.4. The zero-order valence-electron chi connectivity index (χ0n) is 11.6. The number of nitrogens with zero attached hydrogens (tertiary/aromatic N) is 2. The van der Waals surface area contributed by atoms with E-state index >= 15 is 0 Å². The van der Waals surface area contributed by atoms with Gasteiger partial charge in [0.05, 0.1) is 0 Å². The molecule has 0 aliphatic carbocycles. The van der Waals surface area contributed by atoms with Crippen LogP contribution in [0.4, 0.5) is 0 Å². The van der Waals surface area contributed by atoms with E-state index in [1.807, 2.05) is 60.9 Å². The first-order valence-corrected chi connectivity index (χ1v) is 7.83. The molecule has 3 rings (SSSR count). The molecule has 0 aliphatic heterocycles. The molecule has 0 unspecified atom stereocenters. The monoisotopic (exact) mass is 297 g/mol. The second-order valence-electron chi connectivity index (χ2n) is 4.47. The van der Waals surface area contributed by atoms with Gasteiger partial charge in [0.2, 0.25) is 5.16 Å². The fourth-order valence-corrected chi connectivity index (χ4v) is 2.33. The summed E-state index contributed by atoms with van der Waals surface area (Å²) >= 11 is 1.52. The Morgan fingerprint density at radius 1 is 1.05 bits per heavy atom. The third-order valence-corrected chi connectivity index (χ3v) is 3.54. The highest BCUT2D eigenvalue weighted by Gasteiger charge is 2.08. The summed E-state index contributed by atoms with van der Waals surface area (Å²) < 4.78 is 5.95. The lowest BCUT2D eigenvalue weighted by atomic mass is 10.1. The Morgan fingerprint density at radius 3 is 2.57 bits per heavy atom. The molecule has 1 N–H and O–H groups in total. The van der Waals surface area contributed by atoms with Gasteiger partial charge in [-0.15, -0.1) is 5.10 Å². The number of thioether (sulfide) groups is 1. The molecule has 106 valence electrons. The van der Waals surface area contributed by atoms with Crippen LogP contribution in [0.2, 0.25) is 0 Å². The van der Waals surface area contributed by atoms with Gasteiger partial charge in [-0.1, -0.05) is 48.2 Å². The number of rotatable bonds is 5. The number of hydrogen-bond donors (Lipinski definition) is 1. The maximum atomic E-state index is 5.95. The minimum Gasteiger partial charge on any atom is -0.457 e. The molecule has 0 atom stereocenters. The van der Waals surface area contributed by atoms with Gasteiger partial charge in [-0.2, -0.15) is 0 Å². The molecule has 0 spiro atoms. The van der Waals surface area contributed by atoms with E-state index in [-0.39, 0.29) is 0 Å². The smallest absolute Gasteiger partial charge is 0.208 e. The summed E-state index contributed by atoms with van der Waals surface area (Å²) in [6, 6.07) is 17.7. The van der Waals surface area contributed by atoms with E-state index in [0.717, 1.165) is 28.0 Å². The quantitative estimate of drug-likeness (QED) is 0.725. The molecule has 5 heteroatoms.